The molecule has 0 aromatic carbocycles. The molecule has 7 heteroatoms. The van der Waals surface area contributed by atoms with E-state index in [9.17, 15) is 4.79 Å². The van der Waals surface area contributed by atoms with Gasteiger partial charge in [-0.05, 0) is 0 Å². The summed E-state index contributed by atoms with van der Waals surface area (Å²) in [7, 11) is 1.55. The number of nitrogens with one attached hydrogen (secondary N) is 1. The largest absolute Gasteiger partial charge is 0.480 e. The molecular weight excluding hydrogens is 236 g/mol. The lowest BCUT2D eigenvalue weighted by atomic mass is 10.2. The molecule has 1 saturated heterocycles. The van der Waals surface area contributed by atoms with Gasteiger partial charge in [-0.15, -0.1) is 0 Å². The highest BCUT2D eigenvalue weighted by atomic mass is 16.5. The van der Waals surface area contributed by atoms with Crippen LogP contribution in [0.25, 0.3) is 0 Å². The van der Waals surface area contributed by atoms with Crippen LogP contribution in [0.2, 0.25) is 0 Å². The molecular formula is C11H16N4O3. The molecule has 2 rings (SSSR count). The minimum absolute atomic E-state index is 0.453. The molecule has 1 aromatic rings. The average Bonchev–Trinajstić information content (AvgIpc) is 2.39. The van der Waals surface area contributed by atoms with Crippen molar-refractivity contribution < 1.29 is 14.6 Å². The number of ether oxygens (including phenoxy) is 1. The van der Waals surface area contributed by atoms with Gasteiger partial charge < -0.3 is 15.2 Å². The molecule has 0 aliphatic carbocycles. The molecule has 2 heterocycles. The number of carboxylic acid groups (broad SMARTS) is 1. The predicted octanol–water partition coefficient (Wildman–Crippen LogP) is -0.656. The number of methoxy groups -OCH3 is 1. The average molecular weight is 252 g/mol. The van der Waals surface area contributed by atoms with Crippen molar-refractivity contribution in [3.8, 4) is 5.88 Å². The zero-order chi connectivity index (χ0) is 13.0. The second-order valence-corrected chi connectivity index (χ2v) is 4.09. The van der Waals surface area contributed by atoms with Crippen LogP contribution in [-0.2, 0) is 11.3 Å². The summed E-state index contributed by atoms with van der Waals surface area (Å²) in [6.07, 6.45) is 3.18. The Morgan fingerprint density at radius 2 is 2.39 bits per heavy atom. The Balaban J connectivity index is 2.02. The Labute approximate surface area is 105 Å². The van der Waals surface area contributed by atoms with Gasteiger partial charge in [-0.1, -0.05) is 0 Å². The predicted molar refractivity (Wildman–Crippen MR) is 63.3 cm³/mol. The van der Waals surface area contributed by atoms with Crippen molar-refractivity contribution in [1.82, 2.24) is 20.2 Å². The van der Waals surface area contributed by atoms with E-state index in [2.05, 4.69) is 15.3 Å². The van der Waals surface area contributed by atoms with Gasteiger partial charge in [0.05, 0.1) is 7.11 Å². The van der Waals surface area contributed by atoms with E-state index < -0.39 is 12.0 Å². The highest BCUT2D eigenvalue weighted by Gasteiger charge is 2.25. The third-order valence-corrected chi connectivity index (χ3v) is 2.86. The summed E-state index contributed by atoms with van der Waals surface area (Å²) in [6, 6.07) is -0.526. The van der Waals surface area contributed by atoms with Crippen LogP contribution in [0.15, 0.2) is 12.4 Å². The lowest BCUT2D eigenvalue weighted by Crippen LogP contribution is -2.53. The van der Waals surface area contributed by atoms with Gasteiger partial charge in [-0.2, -0.15) is 0 Å². The number of piperazine rings is 1. The number of nitrogens with zero attached hydrogens (tertiary/aromatic N) is 3. The molecule has 0 radical (unpaired) electrons. The van der Waals surface area contributed by atoms with Crippen LogP contribution in [0.4, 0.5) is 0 Å². The van der Waals surface area contributed by atoms with Crippen LogP contribution < -0.4 is 10.1 Å². The maximum Gasteiger partial charge on any atom is 0.322 e. The monoisotopic (exact) mass is 252 g/mol. The normalized spacial score (nSPS) is 20.6. The van der Waals surface area contributed by atoms with Crippen molar-refractivity contribution in [3.63, 3.8) is 0 Å². The van der Waals surface area contributed by atoms with E-state index in [1.54, 1.807) is 19.5 Å². The Kier molecular flexibility index (Phi) is 4.06. The summed E-state index contributed by atoms with van der Waals surface area (Å²) in [5.74, 6) is -0.339. The van der Waals surface area contributed by atoms with Crippen LogP contribution in [0, 0.1) is 0 Å². The van der Waals surface area contributed by atoms with E-state index in [1.807, 2.05) is 4.90 Å². The van der Waals surface area contributed by atoms with Crippen molar-refractivity contribution in [2.45, 2.75) is 12.6 Å². The van der Waals surface area contributed by atoms with Crippen LogP contribution in [0.1, 0.15) is 5.69 Å². The van der Waals surface area contributed by atoms with Crippen molar-refractivity contribution in [2.75, 3.05) is 26.7 Å². The molecule has 0 bridgehead atoms. The maximum atomic E-state index is 10.9. The molecule has 0 saturated carbocycles. The topological polar surface area (TPSA) is 87.6 Å². The van der Waals surface area contributed by atoms with Crippen molar-refractivity contribution in [3.05, 3.63) is 18.1 Å². The van der Waals surface area contributed by atoms with E-state index >= 15 is 0 Å². The fourth-order valence-electron chi connectivity index (χ4n) is 1.96. The van der Waals surface area contributed by atoms with Gasteiger partial charge in [-0.3, -0.25) is 14.7 Å². The smallest absolute Gasteiger partial charge is 0.322 e. The lowest BCUT2D eigenvalue weighted by molar-refractivity contribution is -0.140. The molecule has 7 nitrogen and oxygen atoms in total. The van der Waals surface area contributed by atoms with Crippen molar-refractivity contribution in [2.24, 2.45) is 0 Å². The van der Waals surface area contributed by atoms with E-state index in [-0.39, 0.29) is 0 Å². The highest BCUT2D eigenvalue weighted by Crippen LogP contribution is 2.14. The molecule has 2 N–H and O–H groups in total. The van der Waals surface area contributed by atoms with E-state index in [1.165, 1.54) is 0 Å². The summed E-state index contributed by atoms with van der Waals surface area (Å²) in [5, 5.41) is 11.9. The standard InChI is InChI=1S/C11H16N4O3/c1-18-10-8(12-2-3-14-10)6-15-5-4-13-9(7-15)11(16)17/h2-3,9,13H,4-7H2,1H3,(H,16,17)/t9-/m1/s1. The maximum absolute atomic E-state index is 10.9. The van der Waals surface area contributed by atoms with Crippen molar-refractivity contribution >= 4 is 5.97 Å². The number of carboxylic acids is 1. The molecule has 0 unspecified atom stereocenters. The van der Waals surface area contributed by atoms with Gasteiger partial charge in [-0.25, -0.2) is 4.98 Å². The van der Waals surface area contributed by atoms with Gasteiger partial charge in [0.2, 0.25) is 5.88 Å². The van der Waals surface area contributed by atoms with Gasteiger partial charge in [0, 0.05) is 38.6 Å². The minimum Gasteiger partial charge on any atom is -0.480 e. The van der Waals surface area contributed by atoms with Crippen molar-refractivity contribution in [1.29, 1.82) is 0 Å². The Bertz CT molecular complexity index is 427. The zero-order valence-corrected chi connectivity index (χ0v) is 10.2. The first-order valence-corrected chi connectivity index (χ1v) is 5.73. The fraction of sp³-hybridized carbons (Fsp3) is 0.545. The summed E-state index contributed by atoms with van der Waals surface area (Å²) in [4.78, 5) is 21.3. The van der Waals surface area contributed by atoms with Crippen LogP contribution >= 0.6 is 0 Å². The Morgan fingerprint density at radius 1 is 1.61 bits per heavy atom. The third-order valence-electron chi connectivity index (χ3n) is 2.86. The molecule has 1 atom stereocenters. The van der Waals surface area contributed by atoms with E-state index in [0.29, 0.717) is 25.5 Å². The first-order chi connectivity index (χ1) is 8.70. The second-order valence-electron chi connectivity index (χ2n) is 4.09. The Morgan fingerprint density at radius 3 is 3.11 bits per heavy atom. The molecule has 1 aliphatic rings. The molecule has 0 amide bonds. The number of carbonyl (C=O) groups is 1. The van der Waals surface area contributed by atoms with E-state index in [0.717, 1.165) is 12.2 Å². The van der Waals surface area contributed by atoms with Gasteiger partial charge in [0.1, 0.15) is 11.7 Å². The zero-order valence-electron chi connectivity index (χ0n) is 10.2. The number of hydrogen-bond acceptors (Lipinski definition) is 6. The minimum atomic E-state index is -0.828. The lowest BCUT2D eigenvalue weighted by Gasteiger charge is -2.31. The second kappa shape index (κ2) is 5.74. The summed E-state index contributed by atoms with van der Waals surface area (Å²) in [6.45, 7) is 2.43. The highest BCUT2D eigenvalue weighted by molar-refractivity contribution is 5.73. The van der Waals surface area contributed by atoms with Gasteiger partial charge in [0.15, 0.2) is 0 Å². The molecule has 1 fully saturated rings. The molecule has 1 aliphatic heterocycles. The first kappa shape index (κ1) is 12.7. The van der Waals surface area contributed by atoms with E-state index in [4.69, 9.17) is 9.84 Å². The Hall–Kier alpha value is -1.73. The molecule has 1 aromatic heterocycles. The quantitative estimate of drug-likeness (QED) is 0.735. The number of aliphatic carboxylic acids is 1. The third kappa shape index (κ3) is 2.93. The van der Waals surface area contributed by atoms with Crippen LogP contribution in [0.3, 0.4) is 0 Å². The van der Waals surface area contributed by atoms with Crippen LogP contribution in [-0.4, -0.2) is 58.7 Å². The molecule has 98 valence electrons. The van der Waals surface area contributed by atoms with Gasteiger partial charge >= 0.3 is 5.97 Å². The van der Waals surface area contributed by atoms with Crippen LogP contribution in [0.5, 0.6) is 5.88 Å². The summed E-state index contributed by atoms with van der Waals surface area (Å²) in [5.41, 5.74) is 0.728. The summed E-state index contributed by atoms with van der Waals surface area (Å²) >= 11 is 0. The molecule has 0 spiro atoms. The number of rotatable bonds is 4. The summed E-state index contributed by atoms with van der Waals surface area (Å²) < 4.78 is 5.13. The first-order valence-electron chi connectivity index (χ1n) is 5.73. The van der Waals surface area contributed by atoms with Gasteiger partial charge in [0.25, 0.3) is 0 Å². The molecule has 18 heavy (non-hydrogen) atoms. The fourth-order valence-corrected chi connectivity index (χ4v) is 1.96. The SMILES string of the molecule is COc1nccnc1CN1CCN[C@@H](C(=O)O)C1. The number of hydrogen-bond donors (Lipinski definition) is 2. The number of aromatic nitrogens is 2.